The van der Waals surface area contributed by atoms with E-state index in [1.165, 1.54) is 0 Å². The molecule has 3 nitrogen and oxygen atoms in total. The first-order chi connectivity index (χ1) is 8.81. The Morgan fingerprint density at radius 3 is 2.61 bits per heavy atom. The number of hydrogen-bond acceptors (Lipinski definition) is 3. The van der Waals surface area contributed by atoms with Crippen LogP contribution in [0.4, 0.5) is 10.1 Å². The summed E-state index contributed by atoms with van der Waals surface area (Å²) in [6.45, 7) is 6.37. The van der Waals surface area contributed by atoms with Crippen LogP contribution in [-0.2, 0) is 0 Å². The molecule has 0 amide bonds. The van der Waals surface area contributed by atoms with Crippen LogP contribution in [0.1, 0.15) is 19.8 Å². The van der Waals surface area contributed by atoms with Crippen LogP contribution in [0.15, 0.2) is 18.2 Å². The molecule has 1 aliphatic heterocycles. The zero-order chi connectivity index (χ0) is 12.8. The fourth-order valence-corrected chi connectivity index (χ4v) is 2.24. The van der Waals surface area contributed by atoms with Gasteiger partial charge in [-0.3, -0.25) is 0 Å². The van der Waals surface area contributed by atoms with Crippen molar-refractivity contribution >= 4 is 5.69 Å². The van der Waals surface area contributed by atoms with Crippen molar-refractivity contribution in [3.8, 4) is 5.75 Å². The minimum atomic E-state index is -0.269. The molecule has 1 heterocycles. The molecule has 0 aromatic heterocycles. The molecule has 18 heavy (non-hydrogen) atoms. The number of nitrogens with one attached hydrogen (secondary N) is 1. The minimum Gasteiger partial charge on any atom is -0.491 e. The molecule has 4 heteroatoms. The average Bonchev–Trinajstić information content (AvgIpc) is 2.32. The maximum Gasteiger partial charge on any atom is 0.167 e. The molecule has 1 fully saturated rings. The molecule has 0 saturated carbocycles. The summed E-state index contributed by atoms with van der Waals surface area (Å²) < 4.78 is 19.0. The molecule has 0 bridgehead atoms. The van der Waals surface area contributed by atoms with Crippen molar-refractivity contribution < 1.29 is 9.13 Å². The summed E-state index contributed by atoms with van der Waals surface area (Å²) in [7, 11) is 0. The largest absolute Gasteiger partial charge is 0.491 e. The first-order valence-corrected chi connectivity index (χ1v) is 6.69. The van der Waals surface area contributed by atoms with Crippen molar-refractivity contribution in [2.24, 2.45) is 0 Å². The summed E-state index contributed by atoms with van der Waals surface area (Å²) in [6, 6.07) is 5.26. The zero-order valence-corrected chi connectivity index (χ0v) is 10.9. The monoisotopic (exact) mass is 252 g/mol. The molecule has 2 rings (SSSR count). The summed E-state index contributed by atoms with van der Waals surface area (Å²) >= 11 is 0. The fourth-order valence-electron chi connectivity index (χ4n) is 2.24. The van der Waals surface area contributed by atoms with E-state index in [1.54, 1.807) is 12.1 Å². The van der Waals surface area contributed by atoms with E-state index in [9.17, 15) is 4.39 Å². The molecule has 0 aliphatic carbocycles. The van der Waals surface area contributed by atoms with E-state index in [1.807, 2.05) is 13.0 Å². The Morgan fingerprint density at radius 1 is 1.28 bits per heavy atom. The third-order valence-corrected chi connectivity index (χ3v) is 3.14. The van der Waals surface area contributed by atoms with E-state index in [-0.39, 0.29) is 5.82 Å². The first kappa shape index (κ1) is 13.1. The standard InChI is InChI=1S/C14H21FN2O/c1-2-18-14-6-5-12(11-13(14)15)17-9-3-7-16-8-4-10-17/h5-6,11,16H,2-4,7-10H2,1H3. The van der Waals surface area contributed by atoms with Gasteiger partial charge in [-0.15, -0.1) is 0 Å². The van der Waals surface area contributed by atoms with Crippen LogP contribution in [-0.4, -0.2) is 32.8 Å². The number of anilines is 1. The zero-order valence-electron chi connectivity index (χ0n) is 10.9. The van der Waals surface area contributed by atoms with Gasteiger partial charge in [0, 0.05) is 24.8 Å². The Hall–Kier alpha value is -1.29. The van der Waals surface area contributed by atoms with Gasteiger partial charge in [-0.25, -0.2) is 4.39 Å². The highest BCUT2D eigenvalue weighted by Gasteiger charge is 2.11. The van der Waals surface area contributed by atoms with Crippen molar-refractivity contribution in [2.45, 2.75) is 19.8 Å². The molecule has 0 atom stereocenters. The highest BCUT2D eigenvalue weighted by molar-refractivity contribution is 5.49. The number of rotatable bonds is 3. The summed E-state index contributed by atoms with van der Waals surface area (Å²) in [6.07, 6.45) is 2.18. The highest BCUT2D eigenvalue weighted by Crippen LogP contribution is 2.24. The number of benzene rings is 1. The summed E-state index contributed by atoms with van der Waals surface area (Å²) in [5.41, 5.74) is 0.956. The smallest absolute Gasteiger partial charge is 0.167 e. The normalized spacial score (nSPS) is 17.1. The summed E-state index contributed by atoms with van der Waals surface area (Å²) in [5, 5.41) is 3.38. The molecule has 0 radical (unpaired) electrons. The Morgan fingerprint density at radius 2 is 2.00 bits per heavy atom. The predicted octanol–water partition coefficient (Wildman–Crippen LogP) is 2.41. The second-order valence-corrected chi connectivity index (χ2v) is 4.49. The van der Waals surface area contributed by atoms with E-state index in [0.717, 1.165) is 44.7 Å². The van der Waals surface area contributed by atoms with E-state index >= 15 is 0 Å². The SMILES string of the molecule is CCOc1ccc(N2CCCNCCC2)cc1F. The van der Waals surface area contributed by atoms with Gasteiger partial charge >= 0.3 is 0 Å². The van der Waals surface area contributed by atoms with Crippen molar-refractivity contribution in [2.75, 3.05) is 37.7 Å². The highest BCUT2D eigenvalue weighted by atomic mass is 19.1. The molecule has 1 saturated heterocycles. The molecule has 1 aliphatic rings. The van der Waals surface area contributed by atoms with Gasteiger partial charge in [-0.05, 0) is 45.0 Å². The van der Waals surface area contributed by atoms with Gasteiger partial charge in [-0.1, -0.05) is 0 Å². The Bertz CT molecular complexity index is 376. The number of hydrogen-bond donors (Lipinski definition) is 1. The van der Waals surface area contributed by atoms with Crippen LogP contribution in [0.2, 0.25) is 0 Å². The third-order valence-electron chi connectivity index (χ3n) is 3.14. The van der Waals surface area contributed by atoms with Crippen LogP contribution in [0.3, 0.4) is 0 Å². The minimum absolute atomic E-state index is 0.269. The van der Waals surface area contributed by atoms with Gasteiger partial charge in [0.1, 0.15) is 0 Å². The van der Waals surface area contributed by atoms with Crippen molar-refractivity contribution in [1.29, 1.82) is 0 Å². The second kappa shape index (κ2) is 6.59. The Balaban J connectivity index is 2.08. The van der Waals surface area contributed by atoms with E-state index in [4.69, 9.17) is 4.74 Å². The Labute approximate surface area is 108 Å². The van der Waals surface area contributed by atoms with Crippen molar-refractivity contribution in [3.63, 3.8) is 0 Å². The topological polar surface area (TPSA) is 24.5 Å². The number of halogens is 1. The molecule has 1 aromatic rings. The van der Waals surface area contributed by atoms with E-state index in [0.29, 0.717) is 12.4 Å². The van der Waals surface area contributed by atoms with Crippen LogP contribution in [0.5, 0.6) is 5.75 Å². The van der Waals surface area contributed by atoms with Crippen LogP contribution in [0, 0.1) is 5.82 Å². The average molecular weight is 252 g/mol. The van der Waals surface area contributed by atoms with E-state index in [2.05, 4.69) is 10.2 Å². The fraction of sp³-hybridized carbons (Fsp3) is 0.571. The van der Waals surface area contributed by atoms with Gasteiger partial charge < -0.3 is 15.0 Å². The number of ether oxygens (including phenoxy) is 1. The van der Waals surface area contributed by atoms with Gasteiger partial charge in [0.25, 0.3) is 0 Å². The molecule has 1 aromatic carbocycles. The molecule has 100 valence electrons. The van der Waals surface area contributed by atoms with Crippen LogP contribution >= 0.6 is 0 Å². The molecular weight excluding hydrogens is 231 g/mol. The van der Waals surface area contributed by atoms with E-state index < -0.39 is 0 Å². The maximum atomic E-state index is 13.8. The molecule has 0 spiro atoms. The molecule has 0 unspecified atom stereocenters. The van der Waals surface area contributed by atoms with Gasteiger partial charge in [0.05, 0.1) is 6.61 Å². The van der Waals surface area contributed by atoms with Gasteiger partial charge in [0.2, 0.25) is 0 Å². The molecule has 1 N–H and O–H groups in total. The quantitative estimate of drug-likeness (QED) is 0.894. The summed E-state index contributed by atoms with van der Waals surface area (Å²) in [5.74, 6) is 0.0736. The van der Waals surface area contributed by atoms with Crippen molar-refractivity contribution in [1.82, 2.24) is 5.32 Å². The number of nitrogens with zero attached hydrogens (tertiary/aromatic N) is 1. The second-order valence-electron chi connectivity index (χ2n) is 4.49. The lowest BCUT2D eigenvalue weighted by atomic mass is 10.2. The Kier molecular flexibility index (Phi) is 4.81. The third kappa shape index (κ3) is 3.35. The lowest BCUT2D eigenvalue weighted by Crippen LogP contribution is -2.33. The van der Waals surface area contributed by atoms with Crippen LogP contribution in [0.25, 0.3) is 0 Å². The van der Waals surface area contributed by atoms with Crippen LogP contribution < -0.4 is 15.0 Å². The van der Waals surface area contributed by atoms with Crippen molar-refractivity contribution in [3.05, 3.63) is 24.0 Å². The first-order valence-electron chi connectivity index (χ1n) is 6.69. The maximum absolute atomic E-state index is 13.8. The lowest BCUT2D eigenvalue weighted by Gasteiger charge is -2.27. The summed E-state index contributed by atoms with van der Waals surface area (Å²) in [4.78, 5) is 2.25. The van der Waals surface area contributed by atoms with Gasteiger partial charge in [-0.2, -0.15) is 0 Å². The predicted molar refractivity (Wildman–Crippen MR) is 71.9 cm³/mol. The molecular formula is C14H21FN2O. The van der Waals surface area contributed by atoms with Gasteiger partial charge in [0.15, 0.2) is 11.6 Å². The lowest BCUT2D eigenvalue weighted by molar-refractivity contribution is 0.321.